The highest BCUT2D eigenvalue weighted by Crippen LogP contribution is 2.36. The van der Waals surface area contributed by atoms with Gasteiger partial charge in [-0.3, -0.25) is 4.90 Å². The number of aromatic nitrogens is 2. The maximum absolute atomic E-state index is 6.02. The predicted molar refractivity (Wildman–Crippen MR) is 86.1 cm³/mol. The number of benzene rings is 1. The Kier molecular flexibility index (Phi) is 3.09. The van der Waals surface area contributed by atoms with Crippen LogP contribution in [-0.2, 0) is 19.5 Å². The molecule has 3 aromatic rings. The van der Waals surface area contributed by atoms with Gasteiger partial charge in [-0.1, -0.05) is 30.3 Å². The van der Waals surface area contributed by atoms with Crippen LogP contribution >= 0.6 is 11.3 Å². The van der Waals surface area contributed by atoms with Gasteiger partial charge in [0.05, 0.1) is 5.39 Å². The SMILES string of the molecule is Nc1ncnc2sc3c(c12)CCN(Cc1ccccc1)C3. The Balaban J connectivity index is 1.63. The number of rotatable bonds is 2. The predicted octanol–water partition coefficient (Wildman–Crippen LogP) is 2.83. The van der Waals surface area contributed by atoms with Crippen molar-refractivity contribution in [2.24, 2.45) is 0 Å². The number of anilines is 1. The highest BCUT2D eigenvalue weighted by molar-refractivity contribution is 7.18. The number of nitrogen functional groups attached to an aromatic ring is 1. The van der Waals surface area contributed by atoms with Crippen LogP contribution in [0.15, 0.2) is 36.7 Å². The lowest BCUT2D eigenvalue weighted by atomic mass is 10.0. The summed E-state index contributed by atoms with van der Waals surface area (Å²) in [5, 5.41) is 1.08. The zero-order valence-electron chi connectivity index (χ0n) is 11.6. The third-order valence-electron chi connectivity index (χ3n) is 3.99. The highest BCUT2D eigenvalue weighted by atomic mass is 32.1. The minimum absolute atomic E-state index is 0.619. The number of nitrogens with two attached hydrogens (primary N) is 1. The molecule has 21 heavy (non-hydrogen) atoms. The molecule has 0 fully saturated rings. The molecule has 2 N–H and O–H groups in total. The summed E-state index contributed by atoms with van der Waals surface area (Å²) >= 11 is 1.76. The second-order valence-electron chi connectivity index (χ2n) is 5.39. The van der Waals surface area contributed by atoms with Crippen LogP contribution in [0, 0.1) is 0 Å². The fourth-order valence-electron chi connectivity index (χ4n) is 2.98. The normalized spacial score (nSPS) is 15.2. The molecule has 0 unspecified atom stereocenters. The van der Waals surface area contributed by atoms with Gasteiger partial charge < -0.3 is 5.73 Å². The van der Waals surface area contributed by atoms with E-state index >= 15 is 0 Å². The fourth-order valence-corrected chi connectivity index (χ4v) is 4.22. The molecular formula is C16H16N4S. The number of hydrogen-bond acceptors (Lipinski definition) is 5. The third-order valence-corrected chi connectivity index (χ3v) is 5.12. The van der Waals surface area contributed by atoms with Crippen LogP contribution in [0.2, 0.25) is 0 Å². The van der Waals surface area contributed by atoms with E-state index < -0.39 is 0 Å². The first kappa shape index (κ1) is 12.7. The van der Waals surface area contributed by atoms with Crippen molar-refractivity contribution in [1.82, 2.24) is 14.9 Å². The molecule has 0 radical (unpaired) electrons. The van der Waals surface area contributed by atoms with Gasteiger partial charge >= 0.3 is 0 Å². The molecule has 3 heterocycles. The van der Waals surface area contributed by atoms with E-state index in [1.807, 2.05) is 0 Å². The van der Waals surface area contributed by atoms with Gasteiger partial charge in [0.15, 0.2) is 0 Å². The van der Waals surface area contributed by atoms with Gasteiger partial charge in [0, 0.05) is 24.5 Å². The van der Waals surface area contributed by atoms with Crippen molar-refractivity contribution >= 4 is 27.4 Å². The third kappa shape index (κ3) is 2.28. The lowest BCUT2D eigenvalue weighted by Crippen LogP contribution is -2.29. The van der Waals surface area contributed by atoms with E-state index in [-0.39, 0.29) is 0 Å². The summed E-state index contributed by atoms with van der Waals surface area (Å²) in [6.07, 6.45) is 2.58. The summed E-state index contributed by atoms with van der Waals surface area (Å²) in [7, 11) is 0. The van der Waals surface area contributed by atoms with Crippen LogP contribution in [0.3, 0.4) is 0 Å². The van der Waals surface area contributed by atoms with E-state index in [1.165, 1.54) is 16.0 Å². The van der Waals surface area contributed by atoms with Crippen LogP contribution in [0.5, 0.6) is 0 Å². The molecule has 106 valence electrons. The van der Waals surface area contributed by atoms with Crippen molar-refractivity contribution < 1.29 is 0 Å². The Hall–Kier alpha value is -1.98. The van der Waals surface area contributed by atoms with Gasteiger partial charge in [-0.05, 0) is 17.5 Å². The maximum atomic E-state index is 6.02. The van der Waals surface area contributed by atoms with Crippen molar-refractivity contribution in [1.29, 1.82) is 0 Å². The smallest absolute Gasteiger partial charge is 0.135 e. The van der Waals surface area contributed by atoms with E-state index in [0.717, 1.165) is 36.3 Å². The first-order chi connectivity index (χ1) is 10.3. The standard InChI is InChI=1S/C16H16N4S/c17-15-14-12-6-7-20(8-11-4-2-1-3-5-11)9-13(12)21-16(14)19-10-18-15/h1-5,10H,6-9H2,(H2,17,18,19). The van der Waals surface area contributed by atoms with Gasteiger partial charge in [0.2, 0.25) is 0 Å². The summed E-state index contributed by atoms with van der Waals surface area (Å²) in [6.45, 7) is 3.03. The molecular weight excluding hydrogens is 280 g/mol. The van der Waals surface area contributed by atoms with Crippen molar-refractivity contribution in [3.8, 4) is 0 Å². The Labute approximate surface area is 127 Å². The van der Waals surface area contributed by atoms with Crippen molar-refractivity contribution in [3.63, 3.8) is 0 Å². The molecule has 5 heteroatoms. The second kappa shape index (κ2) is 5.09. The summed E-state index contributed by atoms with van der Waals surface area (Å²) in [5.41, 5.74) is 8.75. The van der Waals surface area contributed by atoms with Crippen molar-refractivity contribution in [3.05, 3.63) is 52.7 Å². The van der Waals surface area contributed by atoms with Crippen LogP contribution in [0.4, 0.5) is 5.82 Å². The highest BCUT2D eigenvalue weighted by Gasteiger charge is 2.23. The molecule has 2 aromatic heterocycles. The Morgan fingerprint density at radius 3 is 2.90 bits per heavy atom. The number of nitrogens with zero attached hydrogens (tertiary/aromatic N) is 3. The molecule has 4 nitrogen and oxygen atoms in total. The Bertz CT molecular complexity index is 782. The molecule has 0 amide bonds. The first-order valence-corrected chi connectivity index (χ1v) is 7.90. The summed E-state index contributed by atoms with van der Waals surface area (Å²) in [4.78, 5) is 13.4. The van der Waals surface area contributed by atoms with Crippen LogP contribution < -0.4 is 5.73 Å². The van der Waals surface area contributed by atoms with E-state index in [1.54, 1.807) is 17.7 Å². The van der Waals surface area contributed by atoms with Gasteiger partial charge in [0.1, 0.15) is 17.0 Å². The maximum Gasteiger partial charge on any atom is 0.135 e. The van der Waals surface area contributed by atoms with Crippen LogP contribution in [0.25, 0.3) is 10.2 Å². The van der Waals surface area contributed by atoms with Crippen molar-refractivity contribution in [2.75, 3.05) is 12.3 Å². The van der Waals surface area contributed by atoms with E-state index in [9.17, 15) is 0 Å². The van der Waals surface area contributed by atoms with Gasteiger partial charge in [0.25, 0.3) is 0 Å². The largest absolute Gasteiger partial charge is 0.383 e. The molecule has 0 saturated heterocycles. The van der Waals surface area contributed by atoms with Crippen LogP contribution in [-0.4, -0.2) is 21.4 Å². The molecule has 0 atom stereocenters. The Morgan fingerprint density at radius 1 is 1.19 bits per heavy atom. The average molecular weight is 296 g/mol. The molecule has 4 rings (SSSR count). The average Bonchev–Trinajstić information content (AvgIpc) is 2.87. The van der Waals surface area contributed by atoms with Crippen LogP contribution in [0.1, 0.15) is 16.0 Å². The van der Waals surface area contributed by atoms with E-state index in [4.69, 9.17) is 5.73 Å². The molecule has 1 aliphatic rings. The quantitative estimate of drug-likeness (QED) is 0.790. The fraction of sp³-hybridized carbons (Fsp3) is 0.250. The molecule has 0 aliphatic carbocycles. The zero-order chi connectivity index (χ0) is 14.2. The lowest BCUT2D eigenvalue weighted by Gasteiger charge is -2.26. The molecule has 0 bridgehead atoms. The van der Waals surface area contributed by atoms with Crippen molar-refractivity contribution in [2.45, 2.75) is 19.5 Å². The topological polar surface area (TPSA) is 55.0 Å². The molecule has 1 aliphatic heterocycles. The number of hydrogen-bond donors (Lipinski definition) is 1. The minimum atomic E-state index is 0.619. The minimum Gasteiger partial charge on any atom is -0.383 e. The van der Waals surface area contributed by atoms with E-state index in [0.29, 0.717) is 5.82 Å². The monoisotopic (exact) mass is 296 g/mol. The summed E-state index contributed by atoms with van der Waals surface area (Å²) < 4.78 is 0. The molecule has 1 aromatic carbocycles. The second-order valence-corrected chi connectivity index (χ2v) is 6.47. The first-order valence-electron chi connectivity index (χ1n) is 7.08. The number of thiophene rings is 1. The lowest BCUT2D eigenvalue weighted by molar-refractivity contribution is 0.249. The van der Waals surface area contributed by atoms with Gasteiger partial charge in [-0.2, -0.15) is 0 Å². The van der Waals surface area contributed by atoms with Gasteiger partial charge in [-0.25, -0.2) is 9.97 Å². The van der Waals surface area contributed by atoms with E-state index in [2.05, 4.69) is 45.2 Å². The Morgan fingerprint density at radius 2 is 2.05 bits per heavy atom. The number of fused-ring (bicyclic) bond motifs is 3. The summed E-state index contributed by atoms with van der Waals surface area (Å²) in [6, 6.07) is 10.6. The zero-order valence-corrected chi connectivity index (χ0v) is 12.4. The molecule has 0 saturated carbocycles. The van der Waals surface area contributed by atoms with Gasteiger partial charge in [-0.15, -0.1) is 11.3 Å². The molecule has 0 spiro atoms. The summed E-state index contributed by atoms with van der Waals surface area (Å²) in [5.74, 6) is 0.619.